The molecule has 0 unspecified atom stereocenters. The average Bonchev–Trinajstić information content (AvgIpc) is 3.07. The fourth-order valence-electron chi connectivity index (χ4n) is 2.93. The second-order valence-corrected chi connectivity index (χ2v) is 8.38. The molecule has 0 atom stereocenters. The molecule has 3 rings (SSSR count). The van der Waals surface area contributed by atoms with Crippen LogP contribution in [0.5, 0.6) is 5.75 Å². The number of carbonyl (C=O) groups excluding carboxylic acids is 1. The number of thiophene rings is 1. The zero-order chi connectivity index (χ0) is 17.6. The van der Waals surface area contributed by atoms with E-state index >= 15 is 0 Å². The summed E-state index contributed by atoms with van der Waals surface area (Å²) in [6.07, 6.45) is 0.864. The number of piperazine rings is 1. The van der Waals surface area contributed by atoms with E-state index in [4.69, 9.17) is 4.74 Å². The molecule has 1 aliphatic rings. The number of ether oxygens (including phenoxy) is 1. The molecule has 1 aromatic carbocycles. The molecule has 1 N–H and O–H groups in total. The van der Waals surface area contributed by atoms with Crippen molar-refractivity contribution in [2.75, 3.05) is 44.7 Å². The highest BCUT2D eigenvalue weighted by molar-refractivity contribution is 9.11. The van der Waals surface area contributed by atoms with Gasteiger partial charge in [0.15, 0.2) is 0 Å². The lowest BCUT2D eigenvalue weighted by Gasteiger charge is -2.36. The number of methoxy groups -OCH3 is 1. The lowest BCUT2D eigenvalue weighted by Crippen LogP contribution is -2.52. The van der Waals surface area contributed by atoms with Gasteiger partial charge in [0, 0.05) is 37.6 Å². The predicted molar refractivity (Wildman–Crippen MR) is 106 cm³/mol. The number of hydrogen-bond donors (Lipinski definition) is 1. The Morgan fingerprint density at radius 1 is 1.20 bits per heavy atom. The smallest absolute Gasteiger partial charge is 0.317 e. The molecule has 2 heterocycles. The number of para-hydroxylation sites is 2. The zero-order valence-corrected chi connectivity index (χ0v) is 16.6. The normalized spacial score (nSPS) is 14.5. The van der Waals surface area contributed by atoms with Crippen LogP contribution < -0.4 is 15.0 Å². The third-order valence-electron chi connectivity index (χ3n) is 4.27. The molecule has 0 bridgehead atoms. The van der Waals surface area contributed by atoms with Crippen molar-refractivity contribution in [1.29, 1.82) is 0 Å². The first kappa shape index (κ1) is 18.1. The van der Waals surface area contributed by atoms with Crippen LogP contribution in [-0.4, -0.2) is 50.8 Å². The zero-order valence-electron chi connectivity index (χ0n) is 14.2. The Hall–Kier alpha value is -1.73. The summed E-state index contributed by atoms with van der Waals surface area (Å²) in [5.74, 6) is 0.877. The van der Waals surface area contributed by atoms with Crippen LogP contribution in [0.1, 0.15) is 4.88 Å². The Balaban J connectivity index is 1.46. The minimum absolute atomic E-state index is 0.0234. The van der Waals surface area contributed by atoms with E-state index in [1.54, 1.807) is 18.4 Å². The molecule has 2 aromatic rings. The van der Waals surface area contributed by atoms with E-state index in [1.807, 2.05) is 29.2 Å². The summed E-state index contributed by atoms with van der Waals surface area (Å²) in [5.41, 5.74) is 1.09. The number of hydrogen-bond acceptors (Lipinski definition) is 4. The summed E-state index contributed by atoms with van der Waals surface area (Å²) in [4.78, 5) is 17.8. The predicted octanol–water partition coefficient (Wildman–Crippen LogP) is 3.59. The first-order valence-corrected chi connectivity index (χ1v) is 9.93. The lowest BCUT2D eigenvalue weighted by atomic mass is 10.2. The molecular formula is C18H22BrN3O2S. The number of nitrogens with one attached hydrogen (secondary N) is 1. The van der Waals surface area contributed by atoms with Crippen LogP contribution in [0.25, 0.3) is 0 Å². The van der Waals surface area contributed by atoms with Crippen LogP contribution in [0.15, 0.2) is 40.2 Å². The van der Waals surface area contributed by atoms with Gasteiger partial charge in [-0.05, 0) is 46.6 Å². The molecule has 0 radical (unpaired) electrons. The quantitative estimate of drug-likeness (QED) is 0.798. The summed E-state index contributed by atoms with van der Waals surface area (Å²) in [5, 5.41) is 3.02. The second-order valence-electron chi connectivity index (χ2n) is 5.83. The van der Waals surface area contributed by atoms with Gasteiger partial charge in [-0.2, -0.15) is 0 Å². The fourth-order valence-corrected chi connectivity index (χ4v) is 4.41. The van der Waals surface area contributed by atoms with Crippen LogP contribution in [0.4, 0.5) is 10.5 Å². The van der Waals surface area contributed by atoms with E-state index in [-0.39, 0.29) is 6.03 Å². The number of nitrogens with zero attached hydrogens (tertiary/aromatic N) is 2. The van der Waals surface area contributed by atoms with Crippen molar-refractivity contribution < 1.29 is 9.53 Å². The number of urea groups is 1. The molecule has 25 heavy (non-hydrogen) atoms. The topological polar surface area (TPSA) is 44.8 Å². The highest BCUT2D eigenvalue weighted by Gasteiger charge is 2.22. The second kappa shape index (κ2) is 8.58. The van der Waals surface area contributed by atoms with E-state index in [1.165, 1.54) is 4.88 Å². The minimum atomic E-state index is 0.0234. The van der Waals surface area contributed by atoms with Crippen molar-refractivity contribution in [1.82, 2.24) is 10.2 Å². The molecule has 2 amide bonds. The number of amides is 2. The maximum absolute atomic E-state index is 12.3. The Labute approximate surface area is 160 Å². The van der Waals surface area contributed by atoms with Crippen molar-refractivity contribution >= 4 is 39.0 Å². The van der Waals surface area contributed by atoms with E-state index in [2.05, 4.69) is 38.3 Å². The lowest BCUT2D eigenvalue weighted by molar-refractivity contribution is 0.194. The van der Waals surface area contributed by atoms with Crippen LogP contribution in [0.2, 0.25) is 0 Å². The van der Waals surface area contributed by atoms with Gasteiger partial charge in [0.2, 0.25) is 0 Å². The van der Waals surface area contributed by atoms with E-state index in [9.17, 15) is 4.79 Å². The van der Waals surface area contributed by atoms with Gasteiger partial charge in [-0.15, -0.1) is 11.3 Å². The molecule has 134 valence electrons. The Morgan fingerprint density at radius 2 is 1.96 bits per heavy atom. The van der Waals surface area contributed by atoms with Gasteiger partial charge in [0.05, 0.1) is 16.6 Å². The van der Waals surface area contributed by atoms with Gasteiger partial charge in [-0.1, -0.05) is 12.1 Å². The fraction of sp³-hybridized carbons (Fsp3) is 0.389. The standard InChI is InChI=1S/C18H22BrN3O2S/c1-24-16-5-3-2-4-15(16)21-10-12-22(13-11-21)18(23)20-9-8-14-6-7-17(19)25-14/h2-7H,8-13H2,1H3,(H,20,23). The third-order valence-corrected chi connectivity index (χ3v) is 5.95. The van der Waals surface area contributed by atoms with Gasteiger partial charge >= 0.3 is 6.03 Å². The molecule has 0 aliphatic carbocycles. The molecule has 0 spiro atoms. The van der Waals surface area contributed by atoms with Crippen LogP contribution >= 0.6 is 27.3 Å². The average molecular weight is 424 g/mol. The molecular weight excluding hydrogens is 402 g/mol. The van der Waals surface area contributed by atoms with E-state index < -0.39 is 0 Å². The first-order chi connectivity index (χ1) is 12.2. The number of carbonyl (C=O) groups is 1. The van der Waals surface area contributed by atoms with Crippen LogP contribution in [0, 0.1) is 0 Å². The van der Waals surface area contributed by atoms with Gasteiger partial charge in [0.1, 0.15) is 5.75 Å². The maximum atomic E-state index is 12.3. The van der Waals surface area contributed by atoms with Crippen molar-refractivity contribution in [3.63, 3.8) is 0 Å². The van der Waals surface area contributed by atoms with Gasteiger partial charge < -0.3 is 19.9 Å². The monoisotopic (exact) mass is 423 g/mol. The van der Waals surface area contributed by atoms with Crippen LogP contribution in [0.3, 0.4) is 0 Å². The molecule has 0 saturated carbocycles. The van der Waals surface area contributed by atoms with E-state index in [0.29, 0.717) is 19.6 Å². The number of benzene rings is 1. The van der Waals surface area contributed by atoms with Crippen molar-refractivity contribution in [2.45, 2.75) is 6.42 Å². The summed E-state index contributed by atoms with van der Waals surface area (Å²) in [6, 6.07) is 12.2. The summed E-state index contributed by atoms with van der Waals surface area (Å²) >= 11 is 5.17. The number of halogens is 1. The highest BCUT2D eigenvalue weighted by atomic mass is 79.9. The minimum Gasteiger partial charge on any atom is -0.495 e. The number of anilines is 1. The van der Waals surface area contributed by atoms with Gasteiger partial charge in [0.25, 0.3) is 0 Å². The molecule has 1 saturated heterocycles. The molecule has 1 fully saturated rings. The van der Waals surface area contributed by atoms with Crippen molar-refractivity contribution in [2.24, 2.45) is 0 Å². The Morgan fingerprint density at radius 3 is 2.64 bits per heavy atom. The summed E-state index contributed by atoms with van der Waals surface area (Å²) in [6.45, 7) is 3.72. The Bertz CT molecular complexity index is 714. The SMILES string of the molecule is COc1ccccc1N1CCN(C(=O)NCCc2ccc(Br)s2)CC1. The van der Waals surface area contributed by atoms with Gasteiger partial charge in [-0.25, -0.2) is 4.79 Å². The van der Waals surface area contributed by atoms with Gasteiger partial charge in [-0.3, -0.25) is 0 Å². The largest absolute Gasteiger partial charge is 0.495 e. The molecule has 1 aromatic heterocycles. The van der Waals surface area contributed by atoms with Crippen molar-refractivity contribution in [3.05, 3.63) is 45.1 Å². The Kier molecular flexibility index (Phi) is 6.20. The van der Waals surface area contributed by atoms with Crippen molar-refractivity contribution in [3.8, 4) is 5.75 Å². The highest BCUT2D eigenvalue weighted by Crippen LogP contribution is 2.28. The summed E-state index contributed by atoms with van der Waals surface area (Å²) in [7, 11) is 1.69. The maximum Gasteiger partial charge on any atom is 0.317 e. The summed E-state index contributed by atoms with van der Waals surface area (Å²) < 4.78 is 6.56. The van der Waals surface area contributed by atoms with Crippen LogP contribution in [-0.2, 0) is 6.42 Å². The molecule has 5 nitrogen and oxygen atoms in total. The third kappa shape index (κ3) is 4.67. The van der Waals surface area contributed by atoms with E-state index in [0.717, 1.165) is 34.7 Å². The number of rotatable bonds is 5. The molecule has 7 heteroatoms. The first-order valence-electron chi connectivity index (χ1n) is 8.32. The molecule has 1 aliphatic heterocycles.